The van der Waals surface area contributed by atoms with Crippen molar-refractivity contribution in [2.24, 2.45) is 5.41 Å². The number of anilines is 1. The number of carbonyl (C=O) groups is 3. The summed E-state index contributed by atoms with van der Waals surface area (Å²) < 4.78 is 0. The molecule has 1 aliphatic heterocycles. The van der Waals surface area contributed by atoms with E-state index in [2.05, 4.69) is 5.32 Å². The normalized spacial score (nSPS) is 14.5. The Balaban J connectivity index is 2.03. The number of rotatable bonds is 5. The van der Waals surface area contributed by atoms with Gasteiger partial charge in [-0.3, -0.25) is 14.4 Å². The third-order valence-corrected chi connectivity index (χ3v) is 4.46. The van der Waals surface area contributed by atoms with Gasteiger partial charge in [0, 0.05) is 11.4 Å². The molecule has 0 fully saturated rings. The molecule has 1 aromatic rings. The van der Waals surface area contributed by atoms with Crippen molar-refractivity contribution in [2.45, 2.75) is 18.7 Å². The summed E-state index contributed by atoms with van der Waals surface area (Å²) in [7, 11) is 0. The number of hydrogen-bond acceptors (Lipinski definition) is 4. The standard InChI is InChI=1S/C15H18N2O4S/c1-15(2,14(20)21)9-16-12(18)7-17-10-5-3-4-6-11(10)22-8-13(17)19/h3-6H,7-9H2,1-2H3,(H,16,18)(H,20,21). The number of nitrogens with zero attached hydrogens (tertiary/aromatic N) is 1. The molecule has 7 heteroatoms. The minimum Gasteiger partial charge on any atom is -0.481 e. The number of benzene rings is 1. The van der Waals surface area contributed by atoms with E-state index in [4.69, 9.17) is 5.11 Å². The van der Waals surface area contributed by atoms with Crippen molar-refractivity contribution in [3.05, 3.63) is 24.3 Å². The molecule has 2 amide bonds. The summed E-state index contributed by atoms with van der Waals surface area (Å²) in [6.07, 6.45) is 0. The Morgan fingerprint density at radius 2 is 2.05 bits per heavy atom. The Kier molecular flexibility index (Phi) is 4.75. The zero-order valence-corrected chi connectivity index (χ0v) is 13.3. The van der Waals surface area contributed by atoms with E-state index < -0.39 is 11.4 Å². The Labute approximate surface area is 132 Å². The average Bonchev–Trinajstić information content (AvgIpc) is 2.48. The van der Waals surface area contributed by atoms with Crippen LogP contribution in [0.3, 0.4) is 0 Å². The van der Waals surface area contributed by atoms with Gasteiger partial charge in [-0.15, -0.1) is 11.8 Å². The van der Waals surface area contributed by atoms with Gasteiger partial charge in [-0.25, -0.2) is 0 Å². The lowest BCUT2D eigenvalue weighted by molar-refractivity contribution is -0.146. The molecule has 0 saturated carbocycles. The second-order valence-corrected chi connectivity index (χ2v) is 6.72. The van der Waals surface area contributed by atoms with E-state index in [1.54, 1.807) is 6.07 Å². The number of hydrogen-bond donors (Lipinski definition) is 2. The molecule has 2 N–H and O–H groups in total. The minimum atomic E-state index is -1.05. The van der Waals surface area contributed by atoms with E-state index in [9.17, 15) is 14.4 Å². The van der Waals surface area contributed by atoms with Gasteiger partial charge >= 0.3 is 5.97 Å². The van der Waals surface area contributed by atoms with Crippen LogP contribution in [0.2, 0.25) is 0 Å². The van der Waals surface area contributed by atoms with Crippen LogP contribution in [0.4, 0.5) is 5.69 Å². The molecular formula is C15H18N2O4S. The molecule has 0 atom stereocenters. The molecule has 0 aliphatic carbocycles. The first-order valence-electron chi connectivity index (χ1n) is 6.83. The smallest absolute Gasteiger partial charge is 0.310 e. The summed E-state index contributed by atoms with van der Waals surface area (Å²) in [5.74, 6) is -1.19. The predicted octanol–water partition coefficient (Wildman–Crippen LogP) is 1.35. The Hall–Kier alpha value is -2.02. The average molecular weight is 322 g/mol. The maximum absolute atomic E-state index is 12.0. The number of carboxylic acid groups (broad SMARTS) is 1. The molecule has 1 aromatic carbocycles. The number of amides is 2. The maximum atomic E-state index is 12.0. The summed E-state index contributed by atoms with van der Waals surface area (Å²) in [6, 6.07) is 7.41. The second kappa shape index (κ2) is 6.39. The van der Waals surface area contributed by atoms with Crippen LogP contribution < -0.4 is 10.2 Å². The van der Waals surface area contributed by atoms with Crippen LogP contribution in [-0.2, 0) is 14.4 Å². The van der Waals surface area contributed by atoms with Gasteiger partial charge in [0.2, 0.25) is 11.8 Å². The summed E-state index contributed by atoms with van der Waals surface area (Å²) >= 11 is 1.45. The molecule has 0 radical (unpaired) electrons. The number of para-hydroxylation sites is 1. The zero-order valence-electron chi connectivity index (χ0n) is 12.5. The molecule has 22 heavy (non-hydrogen) atoms. The van der Waals surface area contributed by atoms with Crippen molar-refractivity contribution in [1.82, 2.24) is 5.32 Å². The van der Waals surface area contributed by atoms with Gasteiger partial charge in [-0.05, 0) is 26.0 Å². The molecule has 118 valence electrons. The summed E-state index contributed by atoms with van der Waals surface area (Å²) in [4.78, 5) is 37.5. The van der Waals surface area contributed by atoms with Crippen LogP contribution in [0, 0.1) is 5.41 Å². The molecule has 6 nitrogen and oxygen atoms in total. The highest BCUT2D eigenvalue weighted by Gasteiger charge is 2.29. The molecule has 1 aliphatic rings. The summed E-state index contributed by atoms with van der Waals surface area (Å²) in [5, 5.41) is 11.6. The van der Waals surface area contributed by atoms with Crippen molar-refractivity contribution in [2.75, 3.05) is 23.7 Å². The van der Waals surface area contributed by atoms with Crippen molar-refractivity contribution in [3.63, 3.8) is 0 Å². The third kappa shape index (κ3) is 3.59. The van der Waals surface area contributed by atoms with Gasteiger partial charge in [-0.1, -0.05) is 12.1 Å². The van der Waals surface area contributed by atoms with Crippen LogP contribution >= 0.6 is 11.8 Å². The number of carbonyl (C=O) groups excluding carboxylic acids is 2. The highest BCUT2D eigenvalue weighted by Crippen LogP contribution is 2.34. The minimum absolute atomic E-state index is 0.0135. The van der Waals surface area contributed by atoms with Gasteiger partial charge in [0.15, 0.2) is 0 Å². The van der Waals surface area contributed by atoms with E-state index in [0.717, 1.165) is 10.6 Å². The lowest BCUT2D eigenvalue weighted by atomic mass is 9.94. The number of fused-ring (bicyclic) bond motifs is 1. The molecule has 2 rings (SSSR count). The quantitative estimate of drug-likeness (QED) is 0.854. The molecule has 1 heterocycles. The second-order valence-electron chi connectivity index (χ2n) is 5.70. The first-order chi connectivity index (χ1) is 10.3. The molecule has 0 aromatic heterocycles. The van der Waals surface area contributed by atoms with E-state index in [0.29, 0.717) is 5.75 Å². The topological polar surface area (TPSA) is 86.7 Å². The Morgan fingerprint density at radius 3 is 2.73 bits per heavy atom. The van der Waals surface area contributed by atoms with Gasteiger partial charge < -0.3 is 15.3 Å². The summed E-state index contributed by atoms with van der Waals surface area (Å²) in [5.41, 5.74) is -0.327. The molecule has 0 saturated heterocycles. The number of carboxylic acids is 1. The first kappa shape index (κ1) is 16.4. The third-order valence-electron chi connectivity index (χ3n) is 3.42. The van der Waals surface area contributed by atoms with E-state index in [1.807, 2.05) is 18.2 Å². The SMILES string of the molecule is CC(C)(CNC(=O)CN1C(=O)CSc2ccccc21)C(=O)O. The zero-order chi connectivity index (χ0) is 16.3. The fourth-order valence-corrected chi connectivity index (χ4v) is 2.86. The maximum Gasteiger partial charge on any atom is 0.310 e. The van der Waals surface area contributed by atoms with Crippen molar-refractivity contribution < 1.29 is 19.5 Å². The van der Waals surface area contributed by atoms with Crippen LogP contribution in [0.1, 0.15) is 13.8 Å². The highest BCUT2D eigenvalue weighted by atomic mass is 32.2. The van der Waals surface area contributed by atoms with Gasteiger partial charge in [-0.2, -0.15) is 0 Å². The van der Waals surface area contributed by atoms with E-state index in [1.165, 1.54) is 30.5 Å². The Morgan fingerprint density at radius 1 is 1.36 bits per heavy atom. The van der Waals surface area contributed by atoms with Crippen molar-refractivity contribution in [3.8, 4) is 0 Å². The lowest BCUT2D eigenvalue weighted by Gasteiger charge is -2.28. The number of thioether (sulfide) groups is 1. The van der Waals surface area contributed by atoms with Crippen molar-refractivity contribution >= 4 is 35.2 Å². The molecule has 0 spiro atoms. The lowest BCUT2D eigenvalue weighted by Crippen LogP contribution is -2.46. The fraction of sp³-hybridized carbons (Fsp3) is 0.400. The van der Waals surface area contributed by atoms with Gasteiger partial charge in [0.1, 0.15) is 6.54 Å². The van der Waals surface area contributed by atoms with Crippen LogP contribution in [-0.4, -0.2) is 41.7 Å². The molecular weight excluding hydrogens is 304 g/mol. The number of nitrogens with one attached hydrogen (secondary N) is 1. The van der Waals surface area contributed by atoms with E-state index in [-0.39, 0.29) is 24.9 Å². The monoisotopic (exact) mass is 322 g/mol. The van der Waals surface area contributed by atoms with Crippen molar-refractivity contribution in [1.29, 1.82) is 0 Å². The van der Waals surface area contributed by atoms with Gasteiger partial charge in [0.05, 0.1) is 16.9 Å². The van der Waals surface area contributed by atoms with E-state index >= 15 is 0 Å². The highest BCUT2D eigenvalue weighted by molar-refractivity contribution is 8.00. The van der Waals surface area contributed by atoms with Crippen LogP contribution in [0.5, 0.6) is 0 Å². The fourth-order valence-electron chi connectivity index (χ4n) is 1.92. The van der Waals surface area contributed by atoms with Crippen LogP contribution in [0.25, 0.3) is 0 Å². The Bertz CT molecular complexity index is 615. The van der Waals surface area contributed by atoms with Crippen LogP contribution in [0.15, 0.2) is 29.2 Å². The first-order valence-corrected chi connectivity index (χ1v) is 7.82. The predicted molar refractivity (Wildman–Crippen MR) is 83.9 cm³/mol. The largest absolute Gasteiger partial charge is 0.481 e. The summed E-state index contributed by atoms with van der Waals surface area (Å²) in [6.45, 7) is 2.98. The molecule has 0 bridgehead atoms. The van der Waals surface area contributed by atoms with Gasteiger partial charge in [0.25, 0.3) is 0 Å². The molecule has 0 unspecified atom stereocenters. The number of aliphatic carboxylic acids is 1.